The Balaban J connectivity index is 1.32. The molecule has 160 valence electrons. The van der Waals surface area contributed by atoms with Crippen molar-refractivity contribution >= 4 is 75.8 Å². The summed E-state index contributed by atoms with van der Waals surface area (Å²) in [5.74, 6) is -3.77. The van der Waals surface area contributed by atoms with Gasteiger partial charge in [-0.3, -0.25) is 24.1 Å². The smallest absolute Gasteiger partial charge is 0.326 e. The van der Waals surface area contributed by atoms with E-state index in [0.29, 0.717) is 17.1 Å². The summed E-state index contributed by atoms with van der Waals surface area (Å²) < 4.78 is 4.91. The van der Waals surface area contributed by atoms with Crippen LogP contribution in [0.15, 0.2) is 18.2 Å². The number of amides is 3. The lowest BCUT2D eigenvalue weighted by Crippen LogP contribution is -2.38. The zero-order chi connectivity index (χ0) is 21.7. The molecule has 0 spiro atoms. The number of carbonyl (C=O) groups is 4. The van der Waals surface area contributed by atoms with Crippen LogP contribution in [0.2, 0.25) is 10.0 Å². The lowest BCUT2D eigenvalue weighted by atomic mass is 9.80. The van der Waals surface area contributed by atoms with Gasteiger partial charge >= 0.3 is 5.97 Å². The van der Waals surface area contributed by atoms with Gasteiger partial charge in [-0.25, -0.2) is 0 Å². The molecule has 0 aromatic heterocycles. The van der Waals surface area contributed by atoms with E-state index in [1.54, 1.807) is 6.07 Å². The van der Waals surface area contributed by atoms with Crippen LogP contribution in [0, 0.1) is 23.7 Å². The highest BCUT2D eigenvalue weighted by atomic mass is 35.5. The van der Waals surface area contributed by atoms with Gasteiger partial charge < -0.3 is 10.1 Å². The Morgan fingerprint density at radius 3 is 2.23 bits per heavy atom. The quantitative estimate of drug-likeness (QED) is 0.386. The van der Waals surface area contributed by atoms with Crippen LogP contribution in [0.3, 0.4) is 0 Å². The van der Waals surface area contributed by atoms with Gasteiger partial charge in [0.15, 0.2) is 6.61 Å². The second-order valence-electron chi connectivity index (χ2n) is 7.60. The number of likely N-dealkylation sites (tertiary alicyclic amines) is 1. The highest BCUT2D eigenvalue weighted by molar-refractivity contribution is 6.36. The SMILES string of the molecule is O=C(COC(=O)CN1C(=O)[C@@H]2[C@H]3C[C@@H]([C@H](Cl)[C@@H]3Cl)[C@@H]2C1=O)Nc1ccc(Cl)cc1Cl. The summed E-state index contributed by atoms with van der Waals surface area (Å²) in [6.07, 6.45) is 0.640. The summed E-state index contributed by atoms with van der Waals surface area (Å²) >= 11 is 24.4. The van der Waals surface area contributed by atoms with Crippen LogP contribution < -0.4 is 5.32 Å². The summed E-state index contributed by atoms with van der Waals surface area (Å²) in [6, 6.07) is 4.50. The number of rotatable bonds is 5. The van der Waals surface area contributed by atoms with E-state index >= 15 is 0 Å². The van der Waals surface area contributed by atoms with E-state index in [-0.39, 0.29) is 27.6 Å². The molecular formula is C19H16Cl4N2O5. The fourth-order valence-electron chi connectivity index (χ4n) is 4.66. The maximum Gasteiger partial charge on any atom is 0.326 e. The zero-order valence-corrected chi connectivity index (χ0v) is 18.3. The Kier molecular flexibility index (Phi) is 5.92. The molecule has 1 aromatic rings. The van der Waals surface area contributed by atoms with Crippen LogP contribution in [-0.4, -0.2) is 52.5 Å². The van der Waals surface area contributed by atoms with E-state index in [1.165, 1.54) is 12.1 Å². The van der Waals surface area contributed by atoms with Crippen LogP contribution in [-0.2, 0) is 23.9 Å². The minimum absolute atomic E-state index is 0.170. The number of carbonyl (C=O) groups excluding carboxylic acids is 4. The third kappa shape index (κ3) is 3.66. The highest BCUT2D eigenvalue weighted by Gasteiger charge is 2.66. The number of anilines is 1. The number of esters is 1. The number of nitrogens with zero attached hydrogens (tertiary/aromatic N) is 1. The summed E-state index contributed by atoms with van der Waals surface area (Å²) in [7, 11) is 0. The Labute approximate surface area is 191 Å². The first kappa shape index (κ1) is 21.7. The van der Waals surface area contributed by atoms with Crippen LogP contribution in [0.5, 0.6) is 0 Å². The van der Waals surface area contributed by atoms with Crippen molar-refractivity contribution in [2.45, 2.75) is 17.2 Å². The molecule has 7 nitrogen and oxygen atoms in total. The fraction of sp³-hybridized carbons (Fsp3) is 0.474. The molecule has 6 atom stereocenters. The largest absolute Gasteiger partial charge is 0.454 e. The van der Waals surface area contributed by atoms with Crippen molar-refractivity contribution in [1.29, 1.82) is 0 Å². The molecule has 0 radical (unpaired) electrons. The number of hydrogen-bond donors (Lipinski definition) is 1. The Morgan fingerprint density at radius 2 is 1.67 bits per heavy atom. The molecule has 2 saturated carbocycles. The summed E-state index contributed by atoms with van der Waals surface area (Å²) in [5.41, 5.74) is 0.307. The van der Waals surface area contributed by atoms with Gasteiger partial charge in [0.25, 0.3) is 5.91 Å². The predicted molar refractivity (Wildman–Crippen MR) is 111 cm³/mol. The van der Waals surface area contributed by atoms with Gasteiger partial charge in [0.05, 0.1) is 33.3 Å². The summed E-state index contributed by atoms with van der Waals surface area (Å²) in [6.45, 7) is -1.15. The first-order valence-electron chi connectivity index (χ1n) is 9.23. The number of halogens is 4. The number of fused-ring (bicyclic) bond motifs is 5. The summed E-state index contributed by atoms with van der Waals surface area (Å²) in [4.78, 5) is 50.4. The van der Waals surface area contributed by atoms with Crippen molar-refractivity contribution in [1.82, 2.24) is 4.90 Å². The minimum Gasteiger partial charge on any atom is -0.454 e. The van der Waals surface area contributed by atoms with Crippen LogP contribution in [0.25, 0.3) is 0 Å². The van der Waals surface area contributed by atoms with E-state index in [9.17, 15) is 19.2 Å². The maximum atomic E-state index is 12.7. The number of imide groups is 1. The predicted octanol–water partition coefficient (Wildman–Crippen LogP) is 2.94. The van der Waals surface area contributed by atoms with Gasteiger partial charge in [0, 0.05) is 5.02 Å². The first-order valence-corrected chi connectivity index (χ1v) is 10.9. The molecule has 11 heteroatoms. The molecule has 4 rings (SSSR count). The average Bonchev–Trinajstić information content (AvgIpc) is 3.29. The molecule has 2 bridgehead atoms. The Hall–Kier alpha value is -1.54. The van der Waals surface area contributed by atoms with E-state index in [0.717, 1.165) is 4.90 Å². The van der Waals surface area contributed by atoms with Gasteiger partial charge in [0.2, 0.25) is 11.8 Å². The van der Waals surface area contributed by atoms with Crippen molar-refractivity contribution < 1.29 is 23.9 Å². The maximum absolute atomic E-state index is 12.7. The highest BCUT2D eigenvalue weighted by Crippen LogP contribution is 2.59. The van der Waals surface area contributed by atoms with Crippen molar-refractivity contribution in [3.05, 3.63) is 28.2 Å². The van der Waals surface area contributed by atoms with Crippen molar-refractivity contribution in [3.63, 3.8) is 0 Å². The van der Waals surface area contributed by atoms with Gasteiger partial charge in [-0.2, -0.15) is 0 Å². The normalized spacial score (nSPS) is 31.8. The molecule has 0 unspecified atom stereocenters. The molecule has 3 amide bonds. The number of benzene rings is 1. The minimum atomic E-state index is -0.869. The van der Waals surface area contributed by atoms with E-state index < -0.39 is 48.7 Å². The number of alkyl halides is 2. The van der Waals surface area contributed by atoms with Gasteiger partial charge in [-0.15, -0.1) is 23.2 Å². The van der Waals surface area contributed by atoms with E-state index in [2.05, 4.69) is 5.32 Å². The molecule has 3 fully saturated rings. The third-order valence-electron chi connectivity index (χ3n) is 5.94. The van der Waals surface area contributed by atoms with E-state index in [4.69, 9.17) is 51.1 Å². The number of hydrogen-bond acceptors (Lipinski definition) is 5. The topological polar surface area (TPSA) is 92.8 Å². The van der Waals surface area contributed by atoms with Crippen molar-refractivity contribution in [2.24, 2.45) is 23.7 Å². The summed E-state index contributed by atoms with van der Waals surface area (Å²) in [5, 5.41) is 2.38. The van der Waals surface area contributed by atoms with Crippen molar-refractivity contribution in [3.8, 4) is 0 Å². The molecule has 1 saturated heterocycles. The lowest BCUT2D eigenvalue weighted by molar-refractivity contribution is -0.154. The Morgan fingerprint density at radius 1 is 1.07 bits per heavy atom. The molecule has 1 aromatic carbocycles. The molecule has 1 N–H and O–H groups in total. The second-order valence-corrected chi connectivity index (χ2v) is 9.45. The third-order valence-corrected chi connectivity index (χ3v) is 7.80. The monoisotopic (exact) mass is 492 g/mol. The first-order chi connectivity index (χ1) is 14.2. The van der Waals surface area contributed by atoms with Crippen LogP contribution >= 0.6 is 46.4 Å². The van der Waals surface area contributed by atoms with Gasteiger partial charge in [-0.05, 0) is 36.5 Å². The second kappa shape index (κ2) is 8.19. The number of ether oxygens (including phenoxy) is 1. The van der Waals surface area contributed by atoms with Crippen LogP contribution in [0.4, 0.5) is 5.69 Å². The molecule has 2 aliphatic carbocycles. The molecule has 30 heavy (non-hydrogen) atoms. The molecular weight excluding hydrogens is 478 g/mol. The number of nitrogens with one attached hydrogen (secondary N) is 1. The van der Waals surface area contributed by atoms with E-state index in [1.807, 2.05) is 0 Å². The lowest BCUT2D eigenvalue weighted by Gasteiger charge is -2.28. The molecule has 1 heterocycles. The Bertz CT molecular complexity index is 909. The van der Waals surface area contributed by atoms with Gasteiger partial charge in [-0.1, -0.05) is 23.2 Å². The molecule has 3 aliphatic rings. The average molecular weight is 494 g/mol. The van der Waals surface area contributed by atoms with Crippen molar-refractivity contribution in [2.75, 3.05) is 18.5 Å². The standard InChI is InChI=1S/C19H16Cl4N2O5/c20-7-1-2-11(10(21)3-7)24-12(26)6-30-13(27)5-25-18(28)14-8-4-9(15(14)19(25)29)17(23)16(8)22/h1-3,8-9,14-17H,4-6H2,(H,24,26)/t8-,9-,14-,15+,16-,17+/m1/s1. The zero-order valence-electron chi connectivity index (χ0n) is 15.3. The fourth-order valence-corrected chi connectivity index (χ4v) is 6.01. The van der Waals surface area contributed by atoms with Crippen LogP contribution in [0.1, 0.15) is 6.42 Å². The molecule has 1 aliphatic heterocycles. The van der Waals surface area contributed by atoms with Gasteiger partial charge in [0.1, 0.15) is 6.54 Å².